The highest BCUT2D eigenvalue weighted by Gasteiger charge is 2.37. The molecule has 0 radical (unpaired) electrons. The Bertz CT molecular complexity index is 559. The van der Waals surface area contributed by atoms with Gasteiger partial charge in [-0.15, -0.1) is 0 Å². The van der Waals surface area contributed by atoms with Crippen LogP contribution in [0.25, 0.3) is 0 Å². The highest BCUT2D eigenvalue weighted by atomic mass is 32.1. The summed E-state index contributed by atoms with van der Waals surface area (Å²) in [5.74, 6) is -0.388. The number of hydrogen-bond acceptors (Lipinski definition) is 3. The van der Waals surface area contributed by atoms with Crippen LogP contribution in [0.2, 0.25) is 0 Å². The van der Waals surface area contributed by atoms with E-state index in [1.807, 2.05) is 18.7 Å². The maximum Gasteiger partial charge on any atom is 0.240 e. The van der Waals surface area contributed by atoms with Gasteiger partial charge in [0.05, 0.1) is 5.54 Å². The SMILES string of the molecule is CC1(C)C(=O)NCCN1Cc1ccc(C(N)=S)cc1F. The first-order valence-corrected chi connectivity index (χ1v) is 6.85. The minimum atomic E-state index is -0.646. The van der Waals surface area contributed by atoms with Gasteiger partial charge in [0.2, 0.25) is 5.91 Å². The van der Waals surface area contributed by atoms with Gasteiger partial charge in [-0.3, -0.25) is 9.69 Å². The van der Waals surface area contributed by atoms with Crippen LogP contribution in [0, 0.1) is 5.82 Å². The first kappa shape index (κ1) is 14.9. The molecule has 3 N–H and O–H groups in total. The summed E-state index contributed by atoms with van der Waals surface area (Å²) in [4.78, 5) is 14.0. The van der Waals surface area contributed by atoms with E-state index in [4.69, 9.17) is 18.0 Å². The molecular formula is C14H18FN3OS. The minimum Gasteiger partial charge on any atom is -0.389 e. The normalized spacial score (nSPS) is 18.6. The second kappa shape index (κ2) is 5.46. The molecule has 1 aliphatic rings. The van der Waals surface area contributed by atoms with E-state index < -0.39 is 5.54 Å². The summed E-state index contributed by atoms with van der Waals surface area (Å²) in [5.41, 5.74) is 5.88. The van der Waals surface area contributed by atoms with Crippen molar-refractivity contribution in [2.24, 2.45) is 5.73 Å². The molecule has 1 heterocycles. The molecule has 0 bridgehead atoms. The van der Waals surface area contributed by atoms with Crippen molar-refractivity contribution < 1.29 is 9.18 Å². The number of amides is 1. The zero-order valence-electron chi connectivity index (χ0n) is 11.6. The van der Waals surface area contributed by atoms with Crippen LogP contribution in [0.5, 0.6) is 0 Å². The average molecular weight is 295 g/mol. The van der Waals surface area contributed by atoms with Gasteiger partial charge in [-0.25, -0.2) is 4.39 Å². The molecule has 0 saturated carbocycles. The number of benzene rings is 1. The number of nitrogens with zero attached hydrogens (tertiary/aromatic N) is 1. The molecule has 0 aliphatic carbocycles. The van der Waals surface area contributed by atoms with Crippen molar-refractivity contribution in [1.82, 2.24) is 10.2 Å². The first-order valence-electron chi connectivity index (χ1n) is 6.44. The van der Waals surface area contributed by atoms with Gasteiger partial charge in [0, 0.05) is 30.8 Å². The Morgan fingerprint density at radius 2 is 2.25 bits per heavy atom. The molecule has 0 atom stereocenters. The number of thiocarbonyl (C=S) groups is 1. The Balaban J connectivity index is 2.21. The lowest BCUT2D eigenvalue weighted by atomic mass is 9.97. The summed E-state index contributed by atoms with van der Waals surface area (Å²) < 4.78 is 14.1. The first-order chi connectivity index (χ1) is 9.32. The van der Waals surface area contributed by atoms with Crippen LogP contribution in [0.15, 0.2) is 18.2 Å². The fourth-order valence-electron chi connectivity index (χ4n) is 2.25. The molecule has 6 heteroatoms. The Morgan fingerprint density at radius 1 is 1.55 bits per heavy atom. The van der Waals surface area contributed by atoms with E-state index in [1.54, 1.807) is 12.1 Å². The van der Waals surface area contributed by atoms with Crippen molar-refractivity contribution in [2.45, 2.75) is 25.9 Å². The summed E-state index contributed by atoms with van der Waals surface area (Å²) in [7, 11) is 0. The van der Waals surface area contributed by atoms with Crippen molar-refractivity contribution in [3.8, 4) is 0 Å². The molecule has 1 fully saturated rings. The largest absolute Gasteiger partial charge is 0.389 e. The summed E-state index contributed by atoms with van der Waals surface area (Å²) in [6.07, 6.45) is 0. The third-order valence-electron chi connectivity index (χ3n) is 3.71. The predicted molar refractivity (Wildman–Crippen MR) is 79.8 cm³/mol. The maximum atomic E-state index is 14.1. The van der Waals surface area contributed by atoms with Gasteiger partial charge in [-0.1, -0.05) is 24.4 Å². The van der Waals surface area contributed by atoms with Crippen molar-refractivity contribution in [1.29, 1.82) is 0 Å². The quantitative estimate of drug-likeness (QED) is 0.822. The van der Waals surface area contributed by atoms with Crippen LogP contribution in [0.1, 0.15) is 25.0 Å². The zero-order chi connectivity index (χ0) is 14.9. The highest BCUT2D eigenvalue weighted by Crippen LogP contribution is 2.22. The fourth-order valence-corrected chi connectivity index (χ4v) is 2.38. The topological polar surface area (TPSA) is 58.4 Å². The van der Waals surface area contributed by atoms with Crippen LogP contribution in [0.4, 0.5) is 4.39 Å². The zero-order valence-corrected chi connectivity index (χ0v) is 12.4. The van der Waals surface area contributed by atoms with Crippen LogP contribution in [-0.4, -0.2) is 34.4 Å². The Hall–Kier alpha value is -1.53. The average Bonchev–Trinajstić information content (AvgIpc) is 2.37. The monoisotopic (exact) mass is 295 g/mol. The summed E-state index contributed by atoms with van der Waals surface area (Å²) in [5, 5.41) is 2.82. The molecule has 1 amide bonds. The van der Waals surface area contributed by atoms with Crippen molar-refractivity contribution in [3.05, 3.63) is 35.1 Å². The van der Waals surface area contributed by atoms with Gasteiger partial charge >= 0.3 is 0 Å². The van der Waals surface area contributed by atoms with E-state index in [1.165, 1.54) is 6.07 Å². The molecule has 1 aliphatic heterocycles. The summed E-state index contributed by atoms with van der Waals surface area (Å²) >= 11 is 4.83. The number of halogens is 1. The number of rotatable bonds is 3. The third kappa shape index (κ3) is 2.81. The number of nitrogens with one attached hydrogen (secondary N) is 1. The second-order valence-electron chi connectivity index (χ2n) is 5.41. The highest BCUT2D eigenvalue weighted by molar-refractivity contribution is 7.80. The lowest BCUT2D eigenvalue weighted by Gasteiger charge is -2.41. The molecular weight excluding hydrogens is 277 g/mol. The summed E-state index contributed by atoms with van der Waals surface area (Å²) in [6.45, 7) is 5.32. The number of hydrogen-bond donors (Lipinski definition) is 2. The van der Waals surface area contributed by atoms with Gasteiger partial charge in [-0.2, -0.15) is 0 Å². The second-order valence-corrected chi connectivity index (χ2v) is 5.85. The Labute approximate surface area is 123 Å². The van der Waals surface area contributed by atoms with Gasteiger partial charge in [0.25, 0.3) is 0 Å². The molecule has 4 nitrogen and oxygen atoms in total. The third-order valence-corrected chi connectivity index (χ3v) is 3.95. The van der Waals surface area contributed by atoms with Gasteiger partial charge < -0.3 is 11.1 Å². The van der Waals surface area contributed by atoms with Crippen LogP contribution in [0.3, 0.4) is 0 Å². The number of carbonyl (C=O) groups is 1. The maximum absolute atomic E-state index is 14.1. The Morgan fingerprint density at radius 3 is 2.85 bits per heavy atom. The smallest absolute Gasteiger partial charge is 0.240 e. The molecule has 2 rings (SSSR count). The lowest BCUT2D eigenvalue weighted by Crippen LogP contribution is -2.61. The summed E-state index contributed by atoms with van der Waals surface area (Å²) in [6, 6.07) is 4.72. The van der Waals surface area contributed by atoms with Crippen LogP contribution >= 0.6 is 12.2 Å². The van der Waals surface area contributed by atoms with E-state index in [-0.39, 0.29) is 16.7 Å². The molecule has 1 saturated heterocycles. The predicted octanol–water partition coefficient (Wildman–Crippen LogP) is 1.17. The molecule has 108 valence electrons. The number of piperazine rings is 1. The number of nitrogens with two attached hydrogens (primary N) is 1. The Kier molecular flexibility index (Phi) is 4.06. The van der Waals surface area contributed by atoms with Crippen molar-refractivity contribution in [2.75, 3.05) is 13.1 Å². The van der Waals surface area contributed by atoms with Gasteiger partial charge in [0.1, 0.15) is 10.8 Å². The molecule has 20 heavy (non-hydrogen) atoms. The van der Waals surface area contributed by atoms with Gasteiger partial charge in [0.15, 0.2) is 0 Å². The van der Waals surface area contributed by atoms with E-state index in [0.29, 0.717) is 30.8 Å². The van der Waals surface area contributed by atoms with Crippen molar-refractivity contribution in [3.63, 3.8) is 0 Å². The van der Waals surface area contributed by atoms with E-state index >= 15 is 0 Å². The molecule has 1 aromatic carbocycles. The van der Waals surface area contributed by atoms with E-state index in [9.17, 15) is 9.18 Å². The molecule has 0 spiro atoms. The van der Waals surface area contributed by atoms with Gasteiger partial charge in [-0.05, 0) is 19.9 Å². The van der Waals surface area contributed by atoms with E-state index in [2.05, 4.69) is 5.32 Å². The van der Waals surface area contributed by atoms with Crippen molar-refractivity contribution >= 4 is 23.1 Å². The fraction of sp³-hybridized carbons (Fsp3) is 0.429. The minimum absolute atomic E-state index is 0.0380. The van der Waals surface area contributed by atoms with Crippen LogP contribution < -0.4 is 11.1 Å². The van der Waals surface area contributed by atoms with Crippen LogP contribution in [-0.2, 0) is 11.3 Å². The lowest BCUT2D eigenvalue weighted by molar-refractivity contribution is -0.135. The number of carbonyl (C=O) groups excluding carboxylic acids is 1. The standard InChI is InChI=1S/C14H18FN3OS/c1-14(2)13(19)17-5-6-18(14)8-10-4-3-9(12(16)20)7-11(10)15/h3-4,7H,5-6,8H2,1-2H3,(H2,16,20)(H,17,19). The molecule has 0 unspecified atom stereocenters. The van der Waals surface area contributed by atoms with E-state index in [0.717, 1.165) is 0 Å². The molecule has 1 aromatic rings. The molecule has 0 aromatic heterocycles.